The topological polar surface area (TPSA) is 75.6 Å². The van der Waals surface area contributed by atoms with Crippen molar-refractivity contribution in [3.05, 3.63) is 29.8 Å². The maximum absolute atomic E-state index is 12.3. The highest BCUT2D eigenvalue weighted by Crippen LogP contribution is 2.22. The van der Waals surface area contributed by atoms with Gasteiger partial charge >= 0.3 is 5.97 Å². The van der Waals surface area contributed by atoms with Crippen molar-refractivity contribution in [3.8, 4) is 0 Å². The van der Waals surface area contributed by atoms with Gasteiger partial charge in [-0.05, 0) is 31.4 Å². The van der Waals surface area contributed by atoms with Crippen LogP contribution in [-0.2, 0) is 20.7 Å². The number of para-hydroxylation sites is 1. The summed E-state index contributed by atoms with van der Waals surface area (Å²) in [6, 6.07) is 6.96. The van der Waals surface area contributed by atoms with Crippen LogP contribution in [-0.4, -0.2) is 29.2 Å². The molecule has 1 saturated carbocycles. The number of hydrogen-bond donors (Lipinski definition) is 2. The van der Waals surface area contributed by atoms with Crippen LogP contribution < -0.4 is 5.32 Å². The average molecular weight is 319 g/mol. The lowest BCUT2D eigenvalue weighted by Crippen LogP contribution is -2.32. The van der Waals surface area contributed by atoms with Crippen LogP contribution in [0.15, 0.2) is 24.3 Å². The van der Waals surface area contributed by atoms with Gasteiger partial charge in [-0.2, -0.15) is 0 Å². The Bertz CT molecular complexity index is 536. The minimum absolute atomic E-state index is 0.117. The Morgan fingerprint density at radius 1 is 1.22 bits per heavy atom. The molecule has 1 aliphatic carbocycles. The summed E-state index contributed by atoms with van der Waals surface area (Å²) in [5.74, 6) is -1.15. The number of carboxylic acids is 1. The number of carbonyl (C=O) groups excluding carboxylic acids is 1. The molecule has 0 aromatic heterocycles. The standard InChI is InChI=1S/C18H25NO4/c1-13(23-15-9-4-2-3-5-10-15)18(22)19-16-11-7-6-8-14(16)12-17(20)21/h6-8,11,13,15H,2-5,9-10,12H2,1H3,(H,19,22)(H,20,21). The SMILES string of the molecule is CC(OC1CCCCCC1)C(=O)Nc1ccccc1CC(=O)O. The Morgan fingerprint density at radius 3 is 2.52 bits per heavy atom. The molecule has 0 radical (unpaired) electrons. The molecule has 0 saturated heterocycles. The van der Waals surface area contributed by atoms with Crippen LogP contribution in [0, 0.1) is 0 Å². The van der Waals surface area contributed by atoms with Crippen LogP contribution in [0.4, 0.5) is 5.69 Å². The van der Waals surface area contributed by atoms with Gasteiger partial charge in [0.05, 0.1) is 12.5 Å². The predicted molar refractivity (Wildman–Crippen MR) is 88.4 cm³/mol. The molecule has 5 heteroatoms. The van der Waals surface area contributed by atoms with E-state index in [1.807, 2.05) is 0 Å². The van der Waals surface area contributed by atoms with Gasteiger partial charge in [-0.3, -0.25) is 9.59 Å². The number of rotatable bonds is 6. The number of carbonyl (C=O) groups is 2. The van der Waals surface area contributed by atoms with Gasteiger partial charge in [0.2, 0.25) is 0 Å². The Morgan fingerprint density at radius 2 is 1.87 bits per heavy atom. The molecule has 0 aliphatic heterocycles. The third-order valence-corrected chi connectivity index (χ3v) is 4.18. The smallest absolute Gasteiger partial charge is 0.307 e. The molecule has 1 unspecified atom stereocenters. The molecule has 1 aromatic carbocycles. The number of nitrogens with one attached hydrogen (secondary N) is 1. The lowest BCUT2D eigenvalue weighted by Gasteiger charge is -2.21. The van der Waals surface area contributed by atoms with Crippen molar-refractivity contribution >= 4 is 17.6 Å². The minimum Gasteiger partial charge on any atom is -0.481 e. The van der Waals surface area contributed by atoms with E-state index in [2.05, 4.69) is 5.32 Å². The molecule has 1 fully saturated rings. The summed E-state index contributed by atoms with van der Waals surface area (Å²) in [6.07, 6.45) is 6.28. The van der Waals surface area contributed by atoms with E-state index in [-0.39, 0.29) is 18.4 Å². The molecule has 0 spiro atoms. The number of amides is 1. The Labute approximate surface area is 137 Å². The first-order valence-electron chi connectivity index (χ1n) is 8.32. The maximum Gasteiger partial charge on any atom is 0.307 e. The van der Waals surface area contributed by atoms with E-state index in [4.69, 9.17) is 9.84 Å². The van der Waals surface area contributed by atoms with Crippen molar-refractivity contribution in [2.45, 2.75) is 64.1 Å². The fraction of sp³-hybridized carbons (Fsp3) is 0.556. The molecule has 1 atom stereocenters. The van der Waals surface area contributed by atoms with Crippen molar-refractivity contribution in [3.63, 3.8) is 0 Å². The van der Waals surface area contributed by atoms with Gasteiger partial charge in [0.1, 0.15) is 6.10 Å². The van der Waals surface area contributed by atoms with Crippen LogP contribution in [0.5, 0.6) is 0 Å². The van der Waals surface area contributed by atoms with Crippen LogP contribution in [0.2, 0.25) is 0 Å². The van der Waals surface area contributed by atoms with Gasteiger partial charge < -0.3 is 15.2 Å². The highest BCUT2D eigenvalue weighted by atomic mass is 16.5. The number of ether oxygens (including phenoxy) is 1. The zero-order chi connectivity index (χ0) is 16.7. The highest BCUT2D eigenvalue weighted by molar-refractivity contribution is 5.95. The number of benzene rings is 1. The van der Waals surface area contributed by atoms with Gasteiger partial charge in [-0.1, -0.05) is 43.9 Å². The van der Waals surface area contributed by atoms with Gasteiger partial charge in [0, 0.05) is 5.69 Å². The summed E-state index contributed by atoms with van der Waals surface area (Å²) in [7, 11) is 0. The molecule has 1 aromatic rings. The normalized spacial score (nSPS) is 17.3. The first-order valence-corrected chi connectivity index (χ1v) is 8.32. The summed E-state index contributed by atoms with van der Waals surface area (Å²) in [5.41, 5.74) is 1.13. The average Bonchev–Trinajstić information content (AvgIpc) is 2.77. The van der Waals surface area contributed by atoms with Crippen molar-refractivity contribution in [2.24, 2.45) is 0 Å². The van der Waals surface area contributed by atoms with Crippen molar-refractivity contribution < 1.29 is 19.4 Å². The highest BCUT2D eigenvalue weighted by Gasteiger charge is 2.21. The molecule has 126 valence electrons. The zero-order valence-electron chi connectivity index (χ0n) is 13.6. The molecule has 2 N–H and O–H groups in total. The lowest BCUT2D eigenvalue weighted by atomic mass is 10.1. The summed E-state index contributed by atoms with van der Waals surface area (Å²) in [4.78, 5) is 23.2. The minimum atomic E-state index is -0.922. The third-order valence-electron chi connectivity index (χ3n) is 4.18. The fourth-order valence-corrected chi connectivity index (χ4v) is 2.92. The second-order valence-corrected chi connectivity index (χ2v) is 6.11. The first-order chi connectivity index (χ1) is 11.1. The molecule has 1 aliphatic rings. The molecule has 0 bridgehead atoms. The van der Waals surface area contributed by atoms with Crippen LogP contribution >= 0.6 is 0 Å². The van der Waals surface area contributed by atoms with E-state index in [0.717, 1.165) is 25.7 Å². The number of hydrogen-bond acceptors (Lipinski definition) is 3. The Hall–Kier alpha value is -1.88. The number of aliphatic carboxylic acids is 1. The number of anilines is 1. The summed E-state index contributed by atoms with van der Waals surface area (Å²) in [6.45, 7) is 1.75. The van der Waals surface area contributed by atoms with E-state index < -0.39 is 12.1 Å². The van der Waals surface area contributed by atoms with E-state index >= 15 is 0 Å². The number of carboxylic acid groups (broad SMARTS) is 1. The molecule has 2 rings (SSSR count). The fourth-order valence-electron chi connectivity index (χ4n) is 2.92. The van der Waals surface area contributed by atoms with Crippen molar-refractivity contribution in [1.82, 2.24) is 0 Å². The molecule has 5 nitrogen and oxygen atoms in total. The molecular weight excluding hydrogens is 294 g/mol. The van der Waals surface area contributed by atoms with Gasteiger partial charge in [0.25, 0.3) is 5.91 Å². The van der Waals surface area contributed by atoms with E-state index in [0.29, 0.717) is 11.3 Å². The molecular formula is C18H25NO4. The van der Waals surface area contributed by atoms with Crippen LogP contribution in [0.25, 0.3) is 0 Å². The lowest BCUT2D eigenvalue weighted by molar-refractivity contribution is -0.136. The summed E-state index contributed by atoms with van der Waals surface area (Å²) >= 11 is 0. The first kappa shape index (κ1) is 17.5. The third kappa shape index (κ3) is 5.67. The summed E-state index contributed by atoms with van der Waals surface area (Å²) in [5, 5.41) is 11.7. The molecule has 23 heavy (non-hydrogen) atoms. The van der Waals surface area contributed by atoms with Crippen molar-refractivity contribution in [1.29, 1.82) is 0 Å². The largest absolute Gasteiger partial charge is 0.481 e. The Kier molecular flexibility index (Phi) is 6.59. The molecule has 0 heterocycles. The van der Waals surface area contributed by atoms with E-state index in [1.165, 1.54) is 12.8 Å². The van der Waals surface area contributed by atoms with Gasteiger partial charge in [-0.25, -0.2) is 0 Å². The van der Waals surface area contributed by atoms with Crippen LogP contribution in [0.3, 0.4) is 0 Å². The second kappa shape index (κ2) is 8.67. The monoisotopic (exact) mass is 319 g/mol. The zero-order valence-corrected chi connectivity index (χ0v) is 13.6. The Balaban J connectivity index is 1.94. The van der Waals surface area contributed by atoms with E-state index in [1.54, 1.807) is 31.2 Å². The second-order valence-electron chi connectivity index (χ2n) is 6.11. The van der Waals surface area contributed by atoms with Crippen LogP contribution in [0.1, 0.15) is 51.0 Å². The quantitative estimate of drug-likeness (QED) is 0.788. The van der Waals surface area contributed by atoms with E-state index in [9.17, 15) is 9.59 Å². The summed E-state index contributed by atoms with van der Waals surface area (Å²) < 4.78 is 5.90. The van der Waals surface area contributed by atoms with Gasteiger partial charge in [-0.15, -0.1) is 0 Å². The molecule has 1 amide bonds. The maximum atomic E-state index is 12.3. The van der Waals surface area contributed by atoms with Gasteiger partial charge in [0.15, 0.2) is 0 Å². The predicted octanol–water partition coefficient (Wildman–Crippen LogP) is 3.38. The van der Waals surface area contributed by atoms with Crippen molar-refractivity contribution in [2.75, 3.05) is 5.32 Å².